The Morgan fingerprint density at radius 3 is 2.17 bits per heavy atom. The highest BCUT2D eigenvalue weighted by molar-refractivity contribution is 5.83. The normalized spacial score (nSPS) is 20.6. The molecule has 0 aromatic carbocycles. The number of carbonyl (C=O) groups excluding carboxylic acids is 1. The van der Waals surface area contributed by atoms with E-state index in [-0.39, 0.29) is 6.42 Å². The number of hydrogen-bond acceptors (Lipinski definition) is 2. The van der Waals surface area contributed by atoms with Gasteiger partial charge in [0.15, 0.2) is 0 Å². The first-order valence-electron chi connectivity index (χ1n) is 10.4. The van der Waals surface area contributed by atoms with E-state index in [2.05, 4.69) is 6.92 Å². The molecule has 0 saturated heterocycles. The third kappa shape index (κ3) is 9.44. The molecule has 24 heavy (non-hydrogen) atoms. The van der Waals surface area contributed by atoms with Gasteiger partial charge in [-0.15, -0.1) is 0 Å². The SMILES string of the molecule is CCCCCCCCCC1CCC(=O)C1CCCCCCC(=O)O. The first-order valence-corrected chi connectivity index (χ1v) is 10.4. The second kappa shape index (κ2) is 13.4. The molecule has 0 bridgehead atoms. The molecule has 0 aliphatic heterocycles. The van der Waals surface area contributed by atoms with Crippen molar-refractivity contribution in [2.24, 2.45) is 11.8 Å². The van der Waals surface area contributed by atoms with Crippen molar-refractivity contribution in [3.05, 3.63) is 0 Å². The van der Waals surface area contributed by atoms with E-state index in [1.54, 1.807) is 0 Å². The summed E-state index contributed by atoms with van der Waals surface area (Å²) < 4.78 is 0. The van der Waals surface area contributed by atoms with Crippen molar-refractivity contribution < 1.29 is 14.7 Å². The molecule has 0 radical (unpaired) electrons. The van der Waals surface area contributed by atoms with Gasteiger partial charge in [-0.3, -0.25) is 9.59 Å². The molecule has 1 fully saturated rings. The third-order valence-electron chi connectivity index (χ3n) is 5.58. The Morgan fingerprint density at radius 1 is 0.917 bits per heavy atom. The minimum absolute atomic E-state index is 0.281. The van der Waals surface area contributed by atoms with Crippen LogP contribution in [-0.4, -0.2) is 16.9 Å². The predicted octanol–water partition coefficient (Wildman–Crippen LogP) is 6.15. The number of carbonyl (C=O) groups is 2. The standard InChI is InChI=1S/C21H38O3/c1-2-3-4-5-6-7-10-13-18-16-17-20(22)19(18)14-11-8-9-12-15-21(23)24/h18-19H,2-17H2,1H3,(H,23,24). The Kier molecular flexibility index (Phi) is 11.9. The zero-order valence-electron chi connectivity index (χ0n) is 15.7. The molecular formula is C21H38O3. The largest absolute Gasteiger partial charge is 0.481 e. The van der Waals surface area contributed by atoms with E-state index >= 15 is 0 Å². The summed E-state index contributed by atoms with van der Waals surface area (Å²) in [5.41, 5.74) is 0. The second-order valence-corrected chi connectivity index (χ2v) is 7.63. The highest BCUT2D eigenvalue weighted by Gasteiger charge is 2.33. The van der Waals surface area contributed by atoms with Gasteiger partial charge in [-0.05, 0) is 31.6 Å². The minimum Gasteiger partial charge on any atom is -0.481 e. The molecule has 140 valence electrons. The van der Waals surface area contributed by atoms with Crippen molar-refractivity contribution in [1.82, 2.24) is 0 Å². The lowest BCUT2D eigenvalue weighted by Crippen LogP contribution is -2.15. The fourth-order valence-electron chi connectivity index (χ4n) is 4.08. The van der Waals surface area contributed by atoms with E-state index in [9.17, 15) is 9.59 Å². The van der Waals surface area contributed by atoms with Crippen LogP contribution >= 0.6 is 0 Å². The van der Waals surface area contributed by atoms with Gasteiger partial charge in [0.1, 0.15) is 5.78 Å². The number of carboxylic acid groups (broad SMARTS) is 1. The van der Waals surface area contributed by atoms with Gasteiger partial charge in [-0.2, -0.15) is 0 Å². The molecule has 3 heteroatoms. The van der Waals surface area contributed by atoms with E-state index in [0.29, 0.717) is 17.6 Å². The first kappa shape index (κ1) is 21.2. The van der Waals surface area contributed by atoms with Crippen molar-refractivity contribution in [2.75, 3.05) is 0 Å². The average molecular weight is 339 g/mol. The van der Waals surface area contributed by atoms with Crippen LogP contribution in [0.2, 0.25) is 0 Å². The van der Waals surface area contributed by atoms with Gasteiger partial charge < -0.3 is 5.11 Å². The lowest BCUT2D eigenvalue weighted by Gasteiger charge is -2.18. The molecule has 2 atom stereocenters. The summed E-state index contributed by atoms with van der Waals surface area (Å²) in [5, 5.41) is 8.63. The van der Waals surface area contributed by atoms with Crippen LogP contribution in [0, 0.1) is 11.8 Å². The topological polar surface area (TPSA) is 54.4 Å². The molecule has 1 saturated carbocycles. The van der Waals surface area contributed by atoms with Gasteiger partial charge in [-0.25, -0.2) is 0 Å². The summed E-state index contributed by atoms with van der Waals surface area (Å²) in [7, 11) is 0. The Labute approximate surface area is 148 Å². The van der Waals surface area contributed by atoms with E-state index in [0.717, 1.165) is 44.9 Å². The lowest BCUT2D eigenvalue weighted by molar-refractivity contribution is -0.137. The Balaban J connectivity index is 2.08. The van der Waals surface area contributed by atoms with Gasteiger partial charge >= 0.3 is 5.97 Å². The van der Waals surface area contributed by atoms with Crippen LogP contribution < -0.4 is 0 Å². The highest BCUT2D eigenvalue weighted by Crippen LogP contribution is 2.36. The molecule has 0 aromatic heterocycles. The Bertz CT molecular complexity index is 351. The number of ketones is 1. The van der Waals surface area contributed by atoms with Crippen LogP contribution in [-0.2, 0) is 9.59 Å². The Morgan fingerprint density at radius 2 is 1.50 bits per heavy atom. The molecule has 0 aromatic rings. The van der Waals surface area contributed by atoms with Crippen molar-refractivity contribution in [1.29, 1.82) is 0 Å². The minimum atomic E-state index is -0.698. The fraction of sp³-hybridized carbons (Fsp3) is 0.905. The van der Waals surface area contributed by atoms with Crippen molar-refractivity contribution in [3.8, 4) is 0 Å². The van der Waals surface area contributed by atoms with Gasteiger partial charge in [-0.1, -0.05) is 71.1 Å². The number of unbranched alkanes of at least 4 members (excludes halogenated alkanes) is 9. The van der Waals surface area contributed by atoms with E-state index in [4.69, 9.17) is 5.11 Å². The predicted molar refractivity (Wildman–Crippen MR) is 99.2 cm³/mol. The van der Waals surface area contributed by atoms with Crippen LogP contribution in [0.1, 0.15) is 110 Å². The van der Waals surface area contributed by atoms with Crippen LogP contribution in [0.5, 0.6) is 0 Å². The highest BCUT2D eigenvalue weighted by atomic mass is 16.4. The monoisotopic (exact) mass is 338 g/mol. The third-order valence-corrected chi connectivity index (χ3v) is 5.58. The quantitative estimate of drug-likeness (QED) is 0.364. The molecular weight excluding hydrogens is 300 g/mol. The average Bonchev–Trinajstić information content (AvgIpc) is 2.90. The molecule has 1 aliphatic rings. The zero-order valence-corrected chi connectivity index (χ0v) is 15.7. The molecule has 3 nitrogen and oxygen atoms in total. The van der Waals surface area contributed by atoms with Gasteiger partial charge in [0, 0.05) is 18.8 Å². The lowest BCUT2D eigenvalue weighted by atomic mass is 9.86. The van der Waals surface area contributed by atoms with Gasteiger partial charge in [0.05, 0.1) is 0 Å². The number of hydrogen-bond donors (Lipinski definition) is 1. The number of aliphatic carboxylic acids is 1. The van der Waals surface area contributed by atoms with Crippen molar-refractivity contribution in [3.63, 3.8) is 0 Å². The maximum absolute atomic E-state index is 12.1. The maximum Gasteiger partial charge on any atom is 0.303 e. The van der Waals surface area contributed by atoms with Crippen LogP contribution in [0.4, 0.5) is 0 Å². The summed E-state index contributed by atoms with van der Waals surface area (Å²) in [6.45, 7) is 2.25. The summed E-state index contributed by atoms with van der Waals surface area (Å²) in [4.78, 5) is 22.6. The Hall–Kier alpha value is -0.860. The summed E-state index contributed by atoms with van der Waals surface area (Å²) in [6, 6.07) is 0. The molecule has 1 aliphatic carbocycles. The van der Waals surface area contributed by atoms with Gasteiger partial charge in [0.25, 0.3) is 0 Å². The first-order chi connectivity index (χ1) is 11.6. The number of Topliss-reactive ketones (excluding diaryl/α,β-unsaturated/α-hetero) is 1. The summed E-state index contributed by atoms with van der Waals surface area (Å²) >= 11 is 0. The van der Waals surface area contributed by atoms with Crippen LogP contribution in [0.3, 0.4) is 0 Å². The van der Waals surface area contributed by atoms with Crippen LogP contribution in [0.25, 0.3) is 0 Å². The molecule has 0 spiro atoms. The molecule has 0 amide bonds. The summed E-state index contributed by atoms with van der Waals surface area (Å²) in [6.07, 6.45) is 17.8. The zero-order chi connectivity index (χ0) is 17.6. The van der Waals surface area contributed by atoms with Crippen LogP contribution in [0.15, 0.2) is 0 Å². The summed E-state index contributed by atoms with van der Waals surface area (Å²) in [5.74, 6) is 0.737. The van der Waals surface area contributed by atoms with E-state index in [1.807, 2.05) is 0 Å². The molecule has 0 heterocycles. The molecule has 1 rings (SSSR count). The van der Waals surface area contributed by atoms with E-state index < -0.39 is 5.97 Å². The molecule has 1 N–H and O–H groups in total. The number of carboxylic acids is 1. The molecule has 2 unspecified atom stereocenters. The van der Waals surface area contributed by atoms with Gasteiger partial charge in [0.2, 0.25) is 0 Å². The fourth-order valence-corrected chi connectivity index (χ4v) is 4.08. The second-order valence-electron chi connectivity index (χ2n) is 7.63. The maximum atomic E-state index is 12.1. The van der Waals surface area contributed by atoms with Crippen molar-refractivity contribution in [2.45, 2.75) is 110 Å². The number of rotatable bonds is 15. The smallest absolute Gasteiger partial charge is 0.303 e. The van der Waals surface area contributed by atoms with E-state index in [1.165, 1.54) is 51.4 Å². The van der Waals surface area contributed by atoms with Crippen molar-refractivity contribution >= 4 is 11.8 Å².